The summed E-state index contributed by atoms with van der Waals surface area (Å²) in [7, 11) is 0. The molecule has 66 valence electrons. The summed E-state index contributed by atoms with van der Waals surface area (Å²) in [6, 6.07) is -0.419. The van der Waals surface area contributed by atoms with Gasteiger partial charge in [0.1, 0.15) is 0 Å². The minimum Gasteiger partial charge on any atom is -0.351 e. The van der Waals surface area contributed by atoms with E-state index >= 15 is 0 Å². The van der Waals surface area contributed by atoms with Crippen LogP contribution in [0.2, 0.25) is 0 Å². The van der Waals surface area contributed by atoms with Crippen LogP contribution in [0.4, 0.5) is 4.79 Å². The topological polar surface area (TPSA) is 46.3 Å². The van der Waals surface area contributed by atoms with Gasteiger partial charge in [-0.2, -0.15) is 0 Å². The molecular formula is C10H10N2O. The van der Waals surface area contributed by atoms with Gasteiger partial charge in [0, 0.05) is 12.7 Å². The third-order valence-corrected chi connectivity index (χ3v) is 2.11. The number of urea groups is 1. The molecule has 0 saturated heterocycles. The van der Waals surface area contributed by atoms with Crippen molar-refractivity contribution in [2.45, 2.75) is 0 Å². The molecule has 2 aliphatic rings. The van der Waals surface area contributed by atoms with E-state index in [9.17, 15) is 4.79 Å². The van der Waals surface area contributed by atoms with E-state index in [4.69, 9.17) is 5.73 Å². The van der Waals surface area contributed by atoms with E-state index in [0.29, 0.717) is 6.54 Å². The number of allylic oxidation sites excluding steroid dienone is 6. The van der Waals surface area contributed by atoms with Crippen LogP contribution in [0, 0.1) is 0 Å². The highest BCUT2D eigenvalue weighted by Gasteiger charge is 2.11. The highest BCUT2D eigenvalue weighted by Crippen LogP contribution is 2.21. The van der Waals surface area contributed by atoms with Gasteiger partial charge >= 0.3 is 6.03 Å². The van der Waals surface area contributed by atoms with E-state index < -0.39 is 6.03 Å². The fourth-order valence-corrected chi connectivity index (χ4v) is 1.38. The lowest BCUT2D eigenvalue weighted by Gasteiger charge is -2.10. The van der Waals surface area contributed by atoms with Gasteiger partial charge in [-0.15, -0.1) is 0 Å². The first-order chi connectivity index (χ1) is 6.27. The molecule has 1 aliphatic carbocycles. The van der Waals surface area contributed by atoms with Crippen molar-refractivity contribution < 1.29 is 4.79 Å². The van der Waals surface area contributed by atoms with Crippen LogP contribution in [0.3, 0.4) is 0 Å². The Bertz CT molecular complexity index is 361. The van der Waals surface area contributed by atoms with Gasteiger partial charge in [0.15, 0.2) is 0 Å². The molecule has 0 radical (unpaired) electrons. The van der Waals surface area contributed by atoms with Crippen molar-refractivity contribution in [2.75, 3.05) is 6.54 Å². The minimum atomic E-state index is -0.419. The molecule has 2 amide bonds. The van der Waals surface area contributed by atoms with Gasteiger partial charge < -0.3 is 5.73 Å². The summed E-state index contributed by atoms with van der Waals surface area (Å²) < 4.78 is 0. The Balaban J connectivity index is 2.27. The van der Waals surface area contributed by atoms with Crippen molar-refractivity contribution in [1.29, 1.82) is 0 Å². The van der Waals surface area contributed by atoms with E-state index in [-0.39, 0.29) is 0 Å². The molecule has 1 heterocycles. The molecular weight excluding hydrogens is 164 g/mol. The van der Waals surface area contributed by atoms with Gasteiger partial charge in [-0.3, -0.25) is 4.90 Å². The van der Waals surface area contributed by atoms with Gasteiger partial charge in [0.25, 0.3) is 0 Å². The van der Waals surface area contributed by atoms with E-state index in [1.165, 1.54) is 4.90 Å². The smallest absolute Gasteiger partial charge is 0.319 e. The van der Waals surface area contributed by atoms with Crippen LogP contribution in [0.15, 0.2) is 47.7 Å². The number of fused-ring (bicyclic) bond motifs is 1. The maximum absolute atomic E-state index is 10.9. The predicted octanol–water partition coefficient (Wildman–Crippen LogP) is 1.32. The second kappa shape index (κ2) is 2.94. The van der Waals surface area contributed by atoms with Crippen LogP contribution < -0.4 is 5.73 Å². The number of rotatable bonds is 0. The largest absolute Gasteiger partial charge is 0.351 e. The average molecular weight is 174 g/mol. The number of nitrogens with zero attached hydrogens (tertiary/aromatic N) is 1. The lowest BCUT2D eigenvalue weighted by atomic mass is 10.1. The molecule has 0 aromatic carbocycles. The molecule has 2 N–H and O–H groups in total. The Labute approximate surface area is 76.5 Å². The Kier molecular flexibility index (Phi) is 1.77. The average Bonchev–Trinajstić information content (AvgIpc) is 2.44. The summed E-state index contributed by atoms with van der Waals surface area (Å²) in [4.78, 5) is 12.3. The molecule has 13 heavy (non-hydrogen) atoms. The Hall–Kier alpha value is -1.77. The zero-order valence-electron chi connectivity index (χ0n) is 7.10. The molecule has 0 bridgehead atoms. The first-order valence-electron chi connectivity index (χ1n) is 4.10. The second-order valence-electron chi connectivity index (χ2n) is 2.95. The number of amides is 2. The first kappa shape index (κ1) is 7.86. The molecule has 0 aromatic heterocycles. The van der Waals surface area contributed by atoms with Crippen molar-refractivity contribution in [3.8, 4) is 0 Å². The van der Waals surface area contributed by atoms with Crippen LogP contribution >= 0.6 is 0 Å². The van der Waals surface area contributed by atoms with E-state index in [1.807, 2.05) is 30.4 Å². The van der Waals surface area contributed by atoms with Gasteiger partial charge in [-0.25, -0.2) is 4.79 Å². The number of carbonyl (C=O) groups is 1. The van der Waals surface area contributed by atoms with Crippen LogP contribution in [0.1, 0.15) is 0 Å². The molecule has 0 atom stereocenters. The maximum atomic E-state index is 10.9. The molecule has 0 fully saturated rings. The van der Waals surface area contributed by atoms with Crippen LogP contribution in [-0.4, -0.2) is 17.5 Å². The number of carbonyl (C=O) groups excluding carboxylic acids is 1. The summed E-state index contributed by atoms with van der Waals surface area (Å²) >= 11 is 0. The molecule has 1 aliphatic heterocycles. The summed E-state index contributed by atoms with van der Waals surface area (Å²) in [5, 5.41) is 0. The SMILES string of the molecule is NC(=O)N1C=CC2=CC=CC2=CC1. The van der Waals surface area contributed by atoms with Gasteiger partial charge in [0.2, 0.25) is 0 Å². The molecule has 0 unspecified atom stereocenters. The monoisotopic (exact) mass is 174 g/mol. The van der Waals surface area contributed by atoms with Crippen molar-refractivity contribution in [3.05, 3.63) is 47.7 Å². The van der Waals surface area contributed by atoms with Crippen molar-refractivity contribution in [2.24, 2.45) is 5.73 Å². The first-order valence-corrected chi connectivity index (χ1v) is 4.10. The number of hydrogen-bond donors (Lipinski definition) is 1. The van der Waals surface area contributed by atoms with E-state index in [0.717, 1.165) is 11.1 Å². The molecule has 3 heteroatoms. The normalized spacial score (nSPS) is 19.2. The third kappa shape index (κ3) is 1.40. The zero-order chi connectivity index (χ0) is 9.26. The van der Waals surface area contributed by atoms with Gasteiger partial charge in [0.05, 0.1) is 0 Å². The van der Waals surface area contributed by atoms with Crippen LogP contribution in [0.25, 0.3) is 0 Å². The standard InChI is InChI=1S/C10H10N2O/c11-10(13)12-6-4-8-2-1-3-9(8)5-7-12/h1-6H,7H2,(H2,11,13). The van der Waals surface area contributed by atoms with Gasteiger partial charge in [-0.1, -0.05) is 24.3 Å². The Morgan fingerprint density at radius 2 is 2.23 bits per heavy atom. The summed E-state index contributed by atoms with van der Waals surface area (Å²) in [5.41, 5.74) is 7.44. The van der Waals surface area contributed by atoms with E-state index in [2.05, 4.69) is 0 Å². The molecule has 0 spiro atoms. The quantitative estimate of drug-likeness (QED) is 0.591. The predicted molar refractivity (Wildman–Crippen MR) is 50.7 cm³/mol. The lowest BCUT2D eigenvalue weighted by molar-refractivity contribution is 0.228. The minimum absolute atomic E-state index is 0.419. The second-order valence-corrected chi connectivity index (χ2v) is 2.95. The van der Waals surface area contributed by atoms with Crippen molar-refractivity contribution in [1.82, 2.24) is 4.90 Å². The fraction of sp³-hybridized carbons (Fsp3) is 0.100. The highest BCUT2D eigenvalue weighted by atomic mass is 16.2. The van der Waals surface area contributed by atoms with E-state index in [1.54, 1.807) is 6.20 Å². The third-order valence-electron chi connectivity index (χ3n) is 2.11. The Morgan fingerprint density at radius 1 is 1.38 bits per heavy atom. The zero-order valence-corrected chi connectivity index (χ0v) is 7.10. The van der Waals surface area contributed by atoms with Gasteiger partial charge in [-0.05, 0) is 17.2 Å². The summed E-state index contributed by atoms with van der Waals surface area (Å²) in [6.45, 7) is 0.544. The highest BCUT2D eigenvalue weighted by molar-refractivity contribution is 5.74. The fourth-order valence-electron chi connectivity index (χ4n) is 1.38. The Morgan fingerprint density at radius 3 is 3.00 bits per heavy atom. The maximum Gasteiger partial charge on any atom is 0.319 e. The van der Waals surface area contributed by atoms with Crippen molar-refractivity contribution in [3.63, 3.8) is 0 Å². The molecule has 3 nitrogen and oxygen atoms in total. The number of nitrogens with two attached hydrogens (primary N) is 1. The summed E-state index contributed by atoms with van der Waals surface area (Å²) in [6.07, 6.45) is 11.6. The number of primary amides is 1. The number of hydrogen-bond acceptors (Lipinski definition) is 1. The molecule has 0 saturated carbocycles. The van der Waals surface area contributed by atoms with Crippen LogP contribution in [0.5, 0.6) is 0 Å². The summed E-state index contributed by atoms with van der Waals surface area (Å²) in [5.74, 6) is 0. The molecule has 0 aromatic rings. The van der Waals surface area contributed by atoms with Crippen molar-refractivity contribution >= 4 is 6.03 Å². The molecule has 2 rings (SSSR count). The van der Waals surface area contributed by atoms with Crippen LogP contribution in [-0.2, 0) is 0 Å². The lowest BCUT2D eigenvalue weighted by Crippen LogP contribution is -2.30.